The lowest BCUT2D eigenvalue weighted by Crippen LogP contribution is -2.45. The van der Waals surface area contributed by atoms with Crippen molar-refractivity contribution in [2.75, 3.05) is 20.7 Å². The third-order valence-electron chi connectivity index (χ3n) is 4.31. The average Bonchev–Trinajstić information content (AvgIpc) is 2.39. The second kappa shape index (κ2) is 6.40. The van der Waals surface area contributed by atoms with Crippen LogP contribution in [0.25, 0.3) is 0 Å². The zero-order valence-corrected chi connectivity index (χ0v) is 13.2. The minimum absolute atomic E-state index is 0.137. The van der Waals surface area contributed by atoms with Gasteiger partial charge in [-0.1, -0.05) is 19.1 Å². The molecule has 0 saturated carbocycles. The van der Waals surface area contributed by atoms with Gasteiger partial charge in [-0.15, -0.1) is 0 Å². The van der Waals surface area contributed by atoms with Gasteiger partial charge < -0.3 is 10.5 Å². The van der Waals surface area contributed by atoms with E-state index in [0.717, 1.165) is 17.7 Å². The van der Waals surface area contributed by atoms with Crippen molar-refractivity contribution in [3.05, 3.63) is 29.3 Å². The molecule has 1 aromatic rings. The highest BCUT2D eigenvalue weighted by Crippen LogP contribution is 2.30. The minimum atomic E-state index is 0.137. The number of rotatable bonds is 6. The zero-order chi connectivity index (χ0) is 14.6. The topological polar surface area (TPSA) is 38.5 Å². The van der Waals surface area contributed by atoms with Crippen LogP contribution in [0.5, 0.6) is 5.75 Å². The molecule has 3 heteroatoms. The lowest BCUT2D eigenvalue weighted by Gasteiger charge is -2.40. The number of ether oxygens (including phenoxy) is 1. The van der Waals surface area contributed by atoms with E-state index in [2.05, 4.69) is 51.8 Å². The molecular formula is C16H28N2O. The fourth-order valence-corrected chi connectivity index (χ4v) is 2.30. The lowest BCUT2D eigenvalue weighted by atomic mass is 9.94. The van der Waals surface area contributed by atoms with Crippen LogP contribution >= 0.6 is 0 Å². The molecule has 0 radical (unpaired) electrons. The summed E-state index contributed by atoms with van der Waals surface area (Å²) in [6, 6.07) is 6.56. The Balaban J connectivity index is 3.07. The number of nitrogens with zero attached hydrogens (tertiary/aromatic N) is 1. The van der Waals surface area contributed by atoms with Crippen LogP contribution < -0.4 is 10.5 Å². The highest BCUT2D eigenvalue weighted by atomic mass is 16.5. The summed E-state index contributed by atoms with van der Waals surface area (Å²) in [7, 11) is 3.86. The summed E-state index contributed by atoms with van der Waals surface area (Å²) < 4.78 is 5.32. The van der Waals surface area contributed by atoms with Gasteiger partial charge in [-0.2, -0.15) is 0 Å². The van der Waals surface area contributed by atoms with Crippen LogP contribution in [0.2, 0.25) is 0 Å². The summed E-state index contributed by atoms with van der Waals surface area (Å²) in [5.74, 6) is 0.928. The first-order valence-corrected chi connectivity index (χ1v) is 6.95. The summed E-state index contributed by atoms with van der Waals surface area (Å²) in [4.78, 5) is 2.37. The maximum Gasteiger partial charge on any atom is 0.121 e. The van der Waals surface area contributed by atoms with Gasteiger partial charge in [-0.25, -0.2) is 0 Å². The van der Waals surface area contributed by atoms with Crippen molar-refractivity contribution in [1.82, 2.24) is 4.90 Å². The first kappa shape index (κ1) is 16.0. The second-order valence-electron chi connectivity index (χ2n) is 5.76. The Morgan fingerprint density at radius 2 is 2.00 bits per heavy atom. The first-order valence-electron chi connectivity index (χ1n) is 6.95. The Morgan fingerprint density at radius 1 is 1.37 bits per heavy atom. The van der Waals surface area contributed by atoms with E-state index in [1.54, 1.807) is 7.11 Å². The van der Waals surface area contributed by atoms with Gasteiger partial charge in [-0.3, -0.25) is 4.90 Å². The lowest BCUT2D eigenvalue weighted by molar-refractivity contribution is 0.100. The molecule has 108 valence electrons. The fourth-order valence-electron chi connectivity index (χ4n) is 2.30. The van der Waals surface area contributed by atoms with Crippen molar-refractivity contribution in [3.8, 4) is 5.75 Å². The highest BCUT2D eigenvalue weighted by Gasteiger charge is 2.28. The van der Waals surface area contributed by atoms with Gasteiger partial charge in [0.25, 0.3) is 0 Å². The van der Waals surface area contributed by atoms with Crippen LogP contribution in [0.15, 0.2) is 18.2 Å². The smallest absolute Gasteiger partial charge is 0.121 e. The predicted octanol–water partition coefficient (Wildman–Crippen LogP) is 3.12. The van der Waals surface area contributed by atoms with Crippen LogP contribution in [-0.4, -0.2) is 31.1 Å². The van der Waals surface area contributed by atoms with E-state index in [9.17, 15) is 0 Å². The van der Waals surface area contributed by atoms with Crippen molar-refractivity contribution in [3.63, 3.8) is 0 Å². The SMILES string of the molecule is CCC(C)(C)N(C)C(CN)c1ccc(OC)c(C)c1. The number of likely N-dealkylation sites (N-methyl/N-ethyl adjacent to an activating group) is 1. The Labute approximate surface area is 117 Å². The van der Waals surface area contributed by atoms with E-state index in [1.165, 1.54) is 5.56 Å². The molecule has 0 fully saturated rings. The molecule has 1 unspecified atom stereocenters. The van der Waals surface area contributed by atoms with Crippen LogP contribution in [-0.2, 0) is 0 Å². The van der Waals surface area contributed by atoms with E-state index >= 15 is 0 Å². The summed E-state index contributed by atoms with van der Waals surface area (Å²) in [6.45, 7) is 9.41. The average molecular weight is 264 g/mol. The molecule has 0 saturated heterocycles. The maximum absolute atomic E-state index is 6.00. The summed E-state index contributed by atoms with van der Waals surface area (Å²) in [5, 5.41) is 0. The Bertz CT molecular complexity index is 415. The fraction of sp³-hybridized carbons (Fsp3) is 0.625. The highest BCUT2D eigenvalue weighted by molar-refractivity contribution is 5.37. The van der Waals surface area contributed by atoms with E-state index in [-0.39, 0.29) is 11.6 Å². The molecule has 0 aliphatic rings. The molecule has 2 N–H and O–H groups in total. The van der Waals surface area contributed by atoms with Crippen molar-refractivity contribution in [1.29, 1.82) is 0 Å². The van der Waals surface area contributed by atoms with E-state index < -0.39 is 0 Å². The number of methoxy groups -OCH3 is 1. The molecule has 0 bridgehead atoms. The molecule has 0 heterocycles. The van der Waals surface area contributed by atoms with Crippen molar-refractivity contribution in [2.45, 2.75) is 45.7 Å². The van der Waals surface area contributed by atoms with Crippen LogP contribution in [0, 0.1) is 6.92 Å². The normalized spacial score (nSPS) is 13.7. The summed E-state index contributed by atoms with van der Waals surface area (Å²) >= 11 is 0. The molecule has 0 spiro atoms. The number of hydrogen-bond acceptors (Lipinski definition) is 3. The van der Waals surface area contributed by atoms with Crippen LogP contribution in [0.1, 0.15) is 44.4 Å². The second-order valence-corrected chi connectivity index (χ2v) is 5.76. The van der Waals surface area contributed by atoms with Crippen molar-refractivity contribution < 1.29 is 4.74 Å². The van der Waals surface area contributed by atoms with Crippen LogP contribution in [0.3, 0.4) is 0 Å². The van der Waals surface area contributed by atoms with Gasteiger partial charge in [0.1, 0.15) is 5.75 Å². The monoisotopic (exact) mass is 264 g/mol. The number of nitrogens with two attached hydrogens (primary N) is 1. The number of aryl methyl sites for hydroxylation is 1. The summed E-state index contributed by atoms with van der Waals surface area (Å²) in [5.41, 5.74) is 8.55. The molecule has 1 rings (SSSR count). The molecule has 19 heavy (non-hydrogen) atoms. The van der Waals surface area contributed by atoms with Crippen molar-refractivity contribution >= 4 is 0 Å². The molecule has 3 nitrogen and oxygen atoms in total. The van der Waals surface area contributed by atoms with E-state index in [0.29, 0.717) is 6.54 Å². The van der Waals surface area contributed by atoms with Gasteiger partial charge in [-0.05, 0) is 51.4 Å². The predicted molar refractivity (Wildman–Crippen MR) is 81.7 cm³/mol. The Morgan fingerprint density at radius 3 is 2.42 bits per heavy atom. The van der Waals surface area contributed by atoms with E-state index in [1.807, 2.05) is 6.07 Å². The van der Waals surface area contributed by atoms with Gasteiger partial charge in [0.15, 0.2) is 0 Å². The van der Waals surface area contributed by atoms with Gasteiger partial charge in [0.05, 0.1) is 7.11 Å². The van der Waals surface area contributed by atoms with Gasteiger partial charge >= 0.3 is 0 Å². The zero-order valence-electron chi connectivity index (χ0n) is 13.2. The van der Waals surface area contributed by atoms with Gasteiger partial charge in [0, 0.05) is 18.1 Å². The molecule has 0 amide bonds. The number of hydrogen-bond donors (Lipinski definition) is 1. The third kappa shape index (κ3) is 3.48. The third-order valence-corrected chi connectivity index (χ3v) is 4.31. The Kier molecular flexibility index (Phi) is 5.39. The number of benzene rings is 1. The van der Waals surface area contributed by atoms with Gasteiger partial charge in [0.2, 0.25) is 0 Å². The van der Waals surface area contributed by atoms with E-state index in [4.69, 9.17) is 10.5 Å². The molecule has 1 atom stereocenters. The standard InChI is InChI=1S/C16H28N2O/c1-7-16(3,4)18(5)14(11-17)13-8-9-15(19-6)12(2)10-13/h8-10,14H,7,11,17H2,1-6H3. The molecule has 0 aromatic heterocycles. The molecular weight excluding hydrogens is 236 g/mol. The van der Waals surface area contributed by atoms with Crippen molar-refractivity contribution in [2.24, 2.45) is 5.73 Å². The van der Waals surface area contributed by atoms with Crippen LogP contribution in [0.4, 0.5) is 0 Å². The minimum Gasteiger partial charge on any atom is -0.496 e. The quantitative estimate of drug-likeness (QED) is 0.858. The summed E-state index contributed by atoms with van der Waals surface area (Å²) in [6.07, 6.45) is 1.09. The molecule has 1 aromatic carbocycles. The Hall–Kier alpha value is -1.06. The maximum atomic E-state index is 6.00. The first-order chi connectivity index (χ1) is 8.87. The molecule has 0 aliphatic carbocycles. The largest absolute Gasteiger partial charge is 0.496 e. The molecule has 0 aliphatic heterocycles.